The highest BCUT2D eigenvalue weighted by Crippen LogP contribution is 2.31. The second kappa shape index (κ2) is 12.9. The first-order chi connectivity index (χ1) is 13.0. The summed E-state index contributed by atoms with van der Waals surface area (Å²) in [5.41, 5.74) is 6.17. The van der Waals surface area contributed by atoms with Crippen LogP contribution in [0.3, 0.4) is 0 Å². The van der Waals surface area contributed by atoms with Crippen LogP contribution in [0.5, 0.6) is 5.75 Å². The van der Waals surface area contributed by atoms with Crippen molar-refractivity contribution in [3.05, 3.63) is 29.8 Å². The van der Waals surface area contributed by atoms with Gasteiger partial charge in [0.15, 0.2) is 12.6 Å². The van der Waals surface area contributed by atoms with Crippen molar-refractivity contribution in [3.8, 4) is 5.75 Å². The summed E-state index contributed by atoms with van der Waals surface area (Å²) in [5.74, 6) is 2.38. The van der Waals surface area contributed by atoms with Gasteiger partial charge in [-0.3, -0.25) is 9.79 Å². The van der Waals surface area contributed by atoms with Gasteiger partial charge in [0, 0.05) is 19.6 Å². The maximum atomic E-state index is 10.8. The maximum Gasteiger partial charge on any atom is 0.255 e. The molecule has 0 saturated heterocycles. The van der Waals surface area contributed by atoms with Gasteiger partial charge in [-0.25, -0.2) is 0 Å². The third kappa shape index (κ3) is 8.24. The number of guanidine groups is 1. The second-order valence-corrected chi connectivity index (χ2v) is 7.52. The fourth-order valence-corrected chi connectivity index (χ4v) is 3.70. The number of ether oxygens (including phenoxy) is 1. The van der Waals surface area contributed by atoms with E-state index in [0.29, 0.717) is 24.3 Å². The summed E-state index contributed by atoms with van der Waals surface area (Å²) in [4.78, 5) is 15.2. The van der Waals surface area contributed by atoms with Crippen molar-refractivity contribution in [2.75, 3.05) is 13.7 Å². The van der Waals surface area contributed by atoms with E-state index < -0.39 is 5.91 Å². The number of carbonyl (C=O) groups excluding carboxylic acids is 1. The Balaban J connectivity index is 0.00000392. The standard InChI is InChI=1S/C21H34N4O2.HI/c1-15(18-9-5-4-6-10-18)16(2)25-21(23-3)24-13-17-8-7-11-19(12-17)27-14-20(22)26;/h7-8,11-12,15-16,18H,4-6,9-10,13-14H2,1-3H3,(H2,22,26)(H2,23,24,25);1H. The van der Waals surface area contributed by atoms with Gasteiger partial charge in [-0.05, 0) is 36.5 Å². The van der Waals surface area contributed by atoms with Crippen molar-refractivity contribution in [2.45, 2.75) is 58.5 Å². The van der Waals surface area contributed by atoms with E-state index in [9.17, 15) is 4.79 Å². The number of rotatable bonds is 8. The normalized spacial score (nSPS) is 17.2. The molecule has 2 rings (SSSR count). The Hall–Kier alpha value is -1.51. The molecule has 0 aliphatic heterocycles. The van der Waals surface area contributed by atoms with Gasteiger partial charge in [-0.2, -0.15) is 0 Å². The minimum atomic E-state index is -0.482. The Bertz CT molecular complexity index is 633. The van der Waals surface area contributed by atoms with Crippen LogP contribution in [-0.2, 0) is 11.3 Å². The zero-order valence-corrected chi connectivity index (χ0v) is 19.6. The minimum Gasteiger partial charge on any atom is -0.484 e. The van der Waals surface area contributed by atoms with E-state index in [2.05, 4.69) is 29.5 Å². The van der Waals surface area contributed by atoms with E-state index in [-0.39, 0.29) is 30.6 Å². The number of hydrogen-bond acceptors (Lipinski definition) is 3. The van der Waals surface area contributed by atoms with E-state index in [1.807, 2.05) is 24.3 Å². The summed E-state index contributed by atoms with van der Waals surface area (Å²) in [6, 6.07) is 7.98. The first-order valence-electron chi connectivity index (χ1n) is 9.96. The fourth-order valence-electron chi connectivity index (χ4n) is 3.70. The van der Waals surface area contributed by atoms with Crippen molar-refractivity contribution < 1.29 is 9.53 Å². The van der Waals surface area contributed by atoms with Gasteiger partial charge in [0.25, 0.3) is 5.91 Å². The van der Waals surface area contributed by atoms with Crippen LogP contribution in [0.2, 0.25) is 0 Å². The smallest absolute Gasteiger partial charge is 0.255 e. The van der Waals surface area contributed by atoms with Crippen LogP contribution in [-0.4, -0.2) is 31.6 Å². The molecule has 4 N–H and O–H groups in total. The lowest BCUT2D eigenvalue weighted by molar-refractivity contribution is -0.119. The lowest BCUT2D eigenvalue weighted by Crippen LogP contribution is -2.46. The van der Waals surface area contributed by atoms with Crippen LogP contribution in [0.4, 0.5) is 0 Å². The number of nitrogens with two attached hydrogens (primary N) is 1. The number of benzene rings is 1. The van der Waals surface area contributed by atoms with Crippen LogP contribution < -0.4 is 21.1 Å². The molecule has 28 heavy (non-hydrogen) atoms. The largest absolute Gasteiger partial charge is 0.484 e. The fraction of sp³-hybridized carbons (Fsp3) is 0.619. The Morgan fingerprint density at radius 2 is 2.00 bits per heavy atom. The van der Waals surface area contributed by atoms with E-state index in [1.165, 1.54) is 32.1 Å². The molecule has 1 amide bonds. The number of hydrogen-bond donors (Lipinski definition) is 3. The van der Waals surface area contributed by atoms with Gasteiger partial charge in [-0.15, -0.1) is 24.0 Å². The average Bonchev–Trinajstić information content (AvgIpc) is 2.69. The summed E-state index contributed by atoms with van der Waals surface area (Å²) < 4.78 is 5.36. The van der Waals surface area contributed by atoms with Crippen LogP contribution in [0, 0.1) is 11.8 Å². The Morgan fingerprint density at radius 1 is 1.29 bits per heavy atom. The molecule has 0 heterocycles. The molecule has 158 valence electrons. The zero-order chi connectivity index (χ0) is 19.6. The molecule has 1 aromatic carbocycles. The highest BCUT2D eigenvalue weighted by Gasteiger charge is 2.24. The molecule has 2 unspecified atom stereocenters. The summed E-state index contributed by atoms with van der Waals surface area (Å²) in [5, 5.41) is 6.89. The van der Waals surface area contributed by atoms with Crippen LogP contribution in [0.25, 0.3) is 0 Å². The average molecular weight is 502 g/mol. The van der Waals surface area contributed by atoms with Crippen LogP contribution >= 0.6 is 24.0 Å². The van der Waals surface area contributed by atoms with E-state index in [0.717, 1.165) is 17.4 Å². The number of amides is 1. The van der Waals surface area contributed by atoms with Crippen molar-refractivity contribution in [1.82, 2.24) is 10.6 Å². The monoisotopic (exact) mass is 502 g/mol. The Morgan fingerprint density at radius 3 is 2.64 bits per heavy atom. The van der Waals surface area contributed by atoms with Crippen molar-refractivity contribution in [2.24, 2.45) is 22.6 Å². The molecule has 0 radical (unpaired) electrons. The predicted octanol–water partition coefficient (Wildman–Crippen LogP) is 3.44. The quantitative estimate of drug-likeness (QED) is 0.289. The zero-order valence-electron chi connectivity index (χ0n) is 17.2. The molecule has 1 fully saturated rings. The lowest BCUT2D eigenvalue weighted by Gasteiger charge is -2.32. The SMILES string of the molecule is CN=C(NCc1cccc(OCC(N)=O)c1)NC(C)C(C)C1CCCCC1.I. The van der Waals surface area contributed by atoms with Gasteiger partial charge >= 0.3 is 0 Å². The van der Waals surface area contributed by atoms with Crippen molar-refractivity contribution in [3.63, 3.8) is 0 Å². The van der Waals surface area contributed by atoms with E-state index in [4.69, 9.17) is 10.5 Å². The third-order valence-electron chi connectivity index (χ3n) is 5.51. The molecular weight excluding hydrogens is 467 g/mol. The summed E-state index contributed by atoms with van der Waals surface area (Å²) in [7, 11) is 1.79. The van der Waals surface area contributed by atoms with Gasteiger partial charge in [0.05, 0.1) is 0 Å². The number of primary amides is 1. The first-order valence-corrected chi connectivity index (χ1v) is 9.96. The molecule has 1 saturated carbocycles. The van der Waals surface area contributed by atoms with E-state index in [1.54, 1.807) is 7.05 Å². The van der Waals surface area contributed by atoms with Crippen LogP contribution in [0.15, 0.2) is 29.3 Å². The third-order valence-corrected chi connectivity index (χ3v) is 5.51. The van der Waals surface area contributed by atoms with Crippen LogP contribution in [0.1, 0.15) is 51.5 Å². The first kappa shape index (κ1) is 24.5. The number of carbonyl (C=O) groups is 1. The highest BCUT2D eigenvalue weighted by molar-refractivity contribution is 14.0. The maximum absolute atomic E-state index is 10.8. The van der Waals surface area contributed by atoms with E-state index >= 15 is 0 Å². The predicted molar refractivity (Wildman–Crippen MR) is 125 cm³/mol. The molecule has 0 bridgehead atoms. The van der Waals surface area contributed by atoms with Gasteiger partial charge in [-0.1, -0.05) is 51.2 Å². The summed E-state index contributed by atoms with van der Waals surface area (Å²) in [6.07, 6.45) is 6.80. The van der Waals surface area contributed by atoms with Crippen molar-refractivity contribution in [1.29, 1.82) is 0 Å². The van der Waals surface area contributed by atoms with Gasteiger partial charge in [0.2, 0.25) is 0 Å². The lowest BCUT2D eigenvalue weighted by atomic mass is 9.78. The molecule has 6 nitrogen and oxygen atoms in total. The molecule has 1 aliphatic carbocycles. The molecular formula is C21H35IN4O2. The topological polar surface area (TPSA) is 88.7 Å². The molecule has 1 aromatic rings. The number of nitrogens with one attached hydrogen (secondary N) is 2. The number of nitrogens with zero attached hydrogens (tertiary/aromatic N) is 1. The number of aliphatic imine (C=N–C) groups is 1. The van der Waals surface area contributed by atoms with Crippen molar-refractivity contribution >= 4 is 35.8 Å². The molecule has 7 heteroatoms. The summed E-state index contributed by atoms with van der Waals surface area (Å²) >= 11 is 0. The second-order valence-electron chi connectivity index (χ2n) is 7.52. The summed E-state index contributed by atoms with van der Waals surface area (Å²) in [6.45, 7) is 5.10. The minimum absolute atomic E-state index is 0. The molecule has 0 aromatic heterocycles. The molecule has 1 aliphatic rings. The Labute approximate surface area is 186 Å². The molecule has 2 atom stereocenters. The number of halogens is 1. The molecule has 0 spiro atoms. The van der Waals surface area contributed by atoms with Gasteiger partial charge < -0.3 is 21.1 Å². The van der Waals surface area contributed by atoms with Gasteiger partial charge in [0.1, 0.15) is 5.75 Å². The highest BCUT2D eigenvalue weighted by atomic mass is 127. The Kier molecular flexibility index (Phi) is 11.3.